The predicted octanol–water partition coefficient (Wildman–Crippen LogP) is 1.80. The summed E-state index contributed by atoms with van der Waals surface area (Å²) in [6, 6.07) is 0. The fourth-order valence-corrected chi connectivity index (χ4v) is 1.05. The molecule has 0 aromatic carbocycles. The van der Waals surface area contributed by atoms with E-state index in [1.807, 2.05) is 13.8 Å². The van der Waals surface area contributed by atoms with Crippen LogP contribution < -0.4 is 0 Å². The first-order valence-corrected chi connectivity index (χ1v) is 4.56. The van der Waals surface area contributed by atoms with Crippen LogP contribution in [-0.4, -0.2) is 18.9 Å². The van der Waals surface area contributed by atoms with Crippen LogP contribution >= 0.6 is 0 Å². The fraction of sp³-hybridized carbons (Fsp3) is 0.800. The van der Waals surface area contributed by atoms with Crippen molar-refractivity contribution in [1.82, 2.24) is 0 Å². The lowest BCUT2D eigenvalue weighted by Gasteiger charge is -2.10. The third-order valence-corrected chi connectivity index (χ3v) is 1.86. The molecule has 13 heavy (non-hydrogen) atoms. The van der Waals surface area contributed by atoms with E-state index < -0.39 is 0 Å². The lowest BCUT2D eigenvalue weighted by Crippen LogP contribution is -2.17. The van der Waals surface area contributed by atoms with Gasteiger partial charge in [0.1, 0.15) is 5.78 Å². The Kier molecular flexibility index (Phi) is 5.35. The molecular weight excluding hydrogens is 168 g/mol. The summed E-state index contributed by atoms with van der Waals surface area (Å²) in [5.41, 5.74) is 0. The number of hydrogen-bond donors (Lipinski definition) is 0. The SMILES string of the molecule is COC(=O)CC(C)C(=O)CC(C)C. The molecule has 3 nitrogen and oxygen atoms in total. The Hall–Kier alpha value is -0.860. The molecule has 0 aliphatic rings. The fourth-order valence-electron chi connectivity index (χ4n) is 1.05. The van der Waals surface area contributed by atoms with Crippen LogP contribution in [0.4, 0.5) is 0 Å². The molecule has 0 amide bonds. The molecule has 0 heterocycles. The number of hydrogen-bond acceptors (Lipinski definition) is 3. The van der Waals surface area contributed by atoms with Gasteiger partial charge in [0.15, 0.2) is 0 Å². The zero-order valence-electron chi connectivity index (χ0n) is 8.79. The molecule has 0 radical (unpaired) electrons. The van der Waals surface area contributed by atoms with Gasteiger partial charge in [-0.15, -0.1) is 0 Å². The summed E-state index contributed by atoms with van der Waals surface area (Å²) in [7, 11) is 1.34. The zero-order chi connectivity index (χ0) is 10.4. The number of ketones is 1. The third-order valence-electron chi connectivity index (χ3n) is 1.86. The summed E-state index contributed by atoms with van der Waals surface area (Å²) < 4.78 is 4.48. The van der Waals surface area contributed by atoms with Gasteiger partial charge in [-0.25, -0.2) is 0 Å². The van der Waals surface area contributed by atoms with Gasteiger partial charge in [-0.2, -0.15) is 0 Å². The molecule has 0 spiro atoms. The predicted molar refractivity (Wildman–Crippen MR) is 50.3 cm³/mol. The van der Waals surface area contributed by atoms with Gasteiger partial charge in [0.2, 0.25) is 0 Å². The van der Waals surface area contributed by atoms with Crippen molar-refractivity contribution < 1.29 is 14.3 Å². The highest BCUT2D eigenvalue weighted by Crippen LogP contribution is 2.11. The molecule has 0 N–H and O–H groups in total. The van der Waals surface area contributed by atoms with Crippen molar-refractivity contribution >= 4 is 11.8 Å². The van der Waals surface area contributed by atoms with Crippen LogP contribution in [0.15, 0.2) is 0 Å². The van der Waals surface area contributed by atoms with Gasteiger partial charge in [-0.1, -0.05) is 20.8 Å². The van der Waals surface area contributed by atoms with E-state index in [0.717, 1.165) is 0 Å². The standard InChI is InChI=1S/C10H18O3/c1-7(2)5-9(11)8(3)6-10(12)13-4/h7-8H,5-6H2,1-4H3. The minimum Gasteiger partial charge on any atom is -0.469 e. The highest BCUT2D eigenvalue weighted by Gasteiger charge is 2.17. The third kappa shape index (κ3) is 5.39. The van der Waals surface area contributed by atoms with Gasteiger partial charge >= 0.3 is 5.97 Å². The number of carbonyl (C=O) groups excluding carboxylic acids is 2. The first-order chi connectivity index (χ1) is 5.97. The summed E-state index contributed by atoms with van der Waals surface area (Å²) >= 11 is 0. The van der Waals surface area contributed by atoms with Crippen molar-refractivity contribution in [2.24, 2.45) is 11.8 Å². The molecule has 0 aromatic rings. The molecule has 0 aliphatic heterocycles. The molecule has 0 rings (SSSR count). The van der Waals surface area contributed by atoms with Crippen LogP contribution in [0.2, 0.25) is 0 Å². The molecule has 0 saturated carbocycles. The second kappa shape index (κ2) is 5.73. The molecule has 0 aromatic heterocycles. The van der Waals surface area contributed by atoms with Gasteiger partial charge in [0.25, 0.3) is 0 Å². The maximum Gasteiger partial charge on any atom is 0.306 e. The zero-order valence-corrected chi connectivity index (χ0v) is 8.79. The molecule has 0 bridgehead atoms. The Bertz CT molecular complexity index is 185. The summed E-state index contributed by atoms with van der Waals surface area (Å²) in [6.45, 7) is 5.74. The summed E-state index contributed by atoms with van der Waals surface area (Å²) in [4.78, 5) is 22.2. The van der Waals surface area contributed by atoms with E-state index in [0.29, 0.717) is 12.3 Å². The number of rotatable bonds is 5. The highest BCUT2D eigenvalue weighted by molar-refractivity contribution is 5.85. The first-order valence-electron chi connectivity index (χ1n) is 4.56. The summed E-state index contributed by atoms with van der Waals surface area (Å²) in [5, 5.41) is 0. The van der Waals surface area contributed by atoms with Crippen LogP contribution in [-0.2, 0) is 14.3 Å². The number of Topliss-reactive ketones (excluding diaryl/α,β-unsaturated/α-hetero) is 1. The van der Waals surface area contributed by atoms with E-state index in [4.69, 9.17) is 0 Å². The Balaban J connectivity index is 3.89. The van der Waals surface area contributed by atoms with E-state index in [9.17, 15) is 9.59 Å². The molecule has 1 unspecified atom stereocenters. The maximum atomic E-state index is 11.4. The second-order valence-electron chi connectivity index (χ2n) is 3.75. The summed E-state index contributed by atoms with van der Waals surface area (Å²) in [6.07, 6.45) is 0.736. The van der Waals surface area contributed by atoms with Crippen molar-refractivity contribution in [3.05, 3.63) is 0 Å². The van der Waals surface area contributed by atoms with Crippen molar-refractivity contribution in [3.8, 4) is 0 Å². The topological polar surface area (TPSA) is 43.4 Å². The molecule has 0 saturated heterocycles. The molecular formula is C10H18O3. The van der Waals surface area contributed by atoms with Crippen LogP contribution in [0, 0.1) is 11.8 Å². The van der Waals surface area contributed by atoms with E-state index >= 15 is 0 Å². The smallest absolute Gasteiger partial charge is 0.306 e. The molecule has 0 aliphatic carbocycles. The minimum atomic E-state index is -0.315. The van der Waals surface area contributed by atoms with Gasteiger partial charge < -0.3 is 4.74 Å². The second-order valence-corrected chi connectivity index (χ2v) is 3.75. The first kappa shape index (κ1) is 12.1. The molecule has 1 atom stereocenters. The maximum absolute atomic E-state index is 11.4. The van der Waals surface area contributed by atoms with E-state index in [1.165, 1.54) is 7.11 Å². The Labute approximate surface area is 79.5 Å². The average Bonchev–Trinajstić information content (AvgIpc) is 2.02. The van der Waals surface area contributed by atoms with E-state index in [1.54, 1.807) is 6.92 Å². The minimum absolute atomic E-state index is 0.139. The highest BCUT2D eigenvalue weighted by atomic mass is 16.5. The lowest BCUT2D eigenvalue weighted by molar-refractivity contribution is -0.143. The van der Waals surface area contributed by atoms with Gasteiger partial charge in [-0.3, -0.25) is 9.59 Å². The Morgan fingerprint density at radius 2 is 1.69 bits per heavy atom. The Morgan fingerprint density at radius 1 is 1.15 bits per heavy atom. The Morgan fingerprint density at radius 3 is 2.08 bits per heavy atom. The van der Waals surface area contributed by atoms with Crippen LogP contribution in [0.1, 0.15) is 33.6 Å². The number of methoxy groups -OCH3 is 1. The normalized spacial score (nSPS) is 12.7. The van der Waals surface area contributed by atoms with Crippen molar-refractivity contribution in [1.29, 1.82) is 0 Å². The van der Waals surface area contributed by atoms with Crippen molar-refractivity contribution in [2.45, 2.75) is 33.6 Å². The number of carbonyl (C=O) groups is 2. The molecule has 76 valence electrons. The molecule has 0 fully saturated rings. The van der Waals surface area contributed by atoms with Gasteiger partial charge in [0, 0.05) is 12.3 Å². The van der Waals surface area contributed by atoms with E-state index in [-0.39, 0.29) is 24.1 Å². The van der Waals surface area contributed by atoms with Crippen LogP contribution in [0.3, 0.4) is 0 Å². The van der Waals surface area contributed by atoms with E-state index in [2.05, 4.69) is 4.74 Å². The summed E-state index contributed by atoms with van der Waals surface area (Å²) in [5.74, 6) is -0.0348. The average molecular weight is 186 g/mol. The van der Waals surface area contributed by atoms with Crippen LogP contribution in [0.25, 0.3) is 0 Å². The van der Waals surface area contributed by atoms with Crippen LogP contribution in [0.5, 0.6) is 0 Å². The van der Waals surface area contributed by atoms with Crippen molar-refractivity contribution in [2.75, 3.05) is 7.11 Å². The van der Waals surface area contributed by atoms with Gasteiger partial charge in [-0.05, 0) is 5.92 Å². The molecule has 3 heteroatoms. The number of esters is 1. The van der Waals surface area contributed by atoms with Crippen molar-refractivity contribution in [3.63, 3.8) is 0 Å². The largest absolute Gasteiger partial charge is 0.469 e. The monoisotopic (exact) mass is 186 g/mol. The van der Waals surface area contributed by atoms with Gasteiger partial charge in [0.05, 0.1) is 13.5 Å². The quantitative estimate of drug-likeness (QED) is 0.615. The number of ether oxygens (including phenoxy) is 1. The lowest BCUT2D eigenvalue weighted by atomic mass is 9.95.